The van der Waals surface area contributed by atoms with E-state index in [9.17, 15) is 26.4 Å². The predicted molar refractivity (Wildman–Crippen MR) is 88.2 cm³/mol. The molecule has 26 heavy (non-hydrogen) atoms. The summed E-state index contributed by atoms with van der Waals surface area (Å²) in [6.45, 7) is 0.403. The van der Waals surface area contributed by atoms with Gasteiger partial charge in [-0.2, -0.15) is 4.31 Å². The van der Waals surface area contributed by atoms with Crippen molar-refractivity contribution in [2.75, 3.05) is 26.2 Å². The molecule has 2 aliphatic rings. The van der Waals surface area contributed by atoms with Crippen LogP contribution in [0.2, 0.25) is 0 Å². The molecule has 1 aliphatic carbocycles. The molecule has 2 fully saturated rings. The summed E-state index contributed by atoms with van der Waals surface area (Å²) in [5.41, 5.74) is 0. The van der Waals surface area contributed by atoms with E-state index < -0.39 is 32.4 Å². The van der Waals surface area contributed by atoms with Crippen molar-refractivity contribution in [1.82, 2.24) is 9.21 Å². The number of rotatable bonds is 4. The van der Waals surface area contributed by atoms with Gasteiger partial charge in [0, 0.05) is 32.6 Å². The standard InChI is InChI=1S/C17H21F3N2O3S/c18-13-5-6-14(17(20)16(13)19)26(24,25)22-9-7-21(8-10-22)15(23)11-12-3-1-2-4-12/h5-6,12H,1-4,7-11H2. The zero-order valence-electron chi connectivity index (χ0n) is 14.3. The molecule has 5 nitrogen and oxygen atoms in total. The average molecular weight is 390 g/mol. The maximum atomic E-state index is 13.9. The number of carbonyl (C=O) groups excluding carboxylic acids is 1. The Labute approximate surface area is 150 Å². The lowest BCUT2D eigenvalue weighted by Crippen LogP contribution is -2.50. The fraction of sp³-hybridized carbons (Fsp3) is 0.588. The first-order valence-corrected chi connectivity index (χ1v) is 10.2. The minimum Gasteiger partial charge on any atom is -0.340 e. The first-order chi connectivity index (χ1) is 12.3. The molecule has 1 aromatic rings. The second kappa shape index (κ2) is 7.56. The van der Waals surface area contributed by atoms with E-state index in [0.29, 0.717) is 18.4 Å². The van der Waals surface area contributed by atoms with Gasteiger partial charge >= 0.3 is 0 Å². The zero-order valence-corrected chi connectivity index (χ0v) is 15.1. The van der Waals surface area contributed by atoms with Crippen LogP contribution in [0.5, 0.6) is 0 Å². The van der Waals surface area contributed by atoms with Crippen molar-refractivity contribution in [3.8, 4) is 0 Å². The highest BCUT2D eigenvalue weighted by Gasteiger charge is 2.34. The lowest BCUT2D eigenvalue weighted by Gasteiger charge is -2.34. The molecule has 0 bridgehead atoms. The van der Waals surface area contributed by atoms with Crippen molar-refractivity contribution >= 4 is 15.9 Å². The van der Waals surface area contributed by atoms with Crippen LogP contribution in [0.15, 0.2) is 17.0 Å². The van der Waals surface area contributed by atoms with Gasteiger partial charge in [-0.25, -0.2) is 21.6 Å². The van der Waals surface area contributed by atoms with Gasteiger partial charge in [0.2, 0.25) is 15.9 Å². The first kappa shape index (κ1) is 19.2. The molecule has 0 spiro atoms. The number of piperazine rings is 1. The Kier molecular flexibility index (Phi) is 5.57. The van der Waals surface area contributed by atoms with Crippen molar-refractivity contribution in [1.29, 1.82) is 0 Å². The van der Waals surface area contributed by atoms with E-state index in [2.05, 4.69) is 0 Å². The average Bonchev–Trinajstić information content (AvgIpc) is 3.12. The topological polar surface area (TPSA) is 57.7 Å². The Balaban J connectivity index is 1.65. The van der Waals surface area contributed by atoms with Gasteiger partial charge in [-0.05, 0) is 30.9 Å². The van der Waals surface area contributed by atoms with E-state index in [1.807, 2.05) is 0 Å². The highest BCUT2D eigenvalue weighted by Crippen LogP contribution is 2.29. The SMILES string of the molecule is O=C(CC1CCCC1)N1CCN(S(=O)(=O)c2ccc(F)c(F)c2F)CC1. The van der Waals surface area contributed by atoms with E-state index in [0.717, 1.165) is 36.1 Å². The Morgan fingerprint density at radius 3 is 2.23 bits per heavy atom. The molecule has 3 rings (SSSR count). The summed E-state index contributed by atoms with van der Waals surface area (Å²) < 4.78 is 66.3. The second-order valence-electron chi connectivity index (χ2n) is 6.81. The van der Waals surface area contributed by atoms with Gasteiger partial charge in [0.15, 0.2) is 17.5 Å². The summed E-state index contributed by atoms with van der Waals surface area (Å²) in [4.78, 5) is 13.1. The molecule has 0 N–H and O–H groups in total. The van der Waals surface area contributed by atoms with Gasteiger partial charge in [0.1, 0.15) is 4.90 Å². The summed E-state index contributed by atoms with van der Waals surface area (Å²) in [7, 11) is -4.29. The molecular weight excluding hydrogens is 369 g/mol. The summed E-state index contributed by atoms with van der Waals surface area (Å²) >= 11 is 0. The molecular formula is C17H21F3N2O3S. The molecule has 1 saturated carbocycles. The lowest BCUT2D eigenvalue weighted by molar-refractivity contribution is -0.133. The molecule has 0 aromatic heterocycles. The number of halogens is 3. The van der Waals surface area contributed by atoms with E-state index in [1.54, 1.807) is 4.90 Å². The molecule has 0 unspecified atom stereocenters. The van der Waals surface area contributed by atoms with Crippen LogP contribution in [0.3, 0.4) is 0 Å². The fourth-order valence-electron chi connectivity index (χ4n) is 3.61. The molecule has 0 atom stereocenters. The Morgan fingerprint density at radius 1 is 1.00 bits per heavy atom. The van der Waals surface area contributed by atoms with Gasteiger partial charge in [-0.1, -0.05) is 12.8 Å². The van der Waals surface area contributed by atoms with Gasteiger partial charge < -0.3 is 4.90 Å². The number of hydrogen-bond acceptors (Lipinski definition) is 3. The maximum Gasteiger partial charge on any atom is 0.246 e. The summed E-state index contributed by atoms with van der Waals surface area (Å²) in [5.74, 6) is -4.56. The van der Waals surface area contributed by atoms with Crippen molar-refractivity contribution in [3.63, 3.8) is 0 Å². The van der Waals surface area contributed by atoms with Gasteiger partial charge in [-0.3, -0.25) is 4.79 Å². The Bertz CT molecular complexity index is 787. The van der Waals surface area contributed by atoms with E-state index in [1.165, 1.54) is 0 Å². The number of carbonyl (C=O) groups is 1. The van der Waals surface area contributed by atoms with Gasteiger partial charge in [0.25, 0.3) is 0 Å². The number of amides is 1. The minimum absolute atomic E-state index is 0.00280. The largest absolute Gasteiger partial charge is 0.340 e. The van der Waals surface area contributed by atoms with Crippen molar-refractivity contribution in [2.24, 2.45) is 5.92 Å². The van der Waals surface area contributed by atoms with Crippen molar-refractivity contribution in [3.05, 3.63) is 29.6 Å². The smallest absolute Gasteiger partial charge is 0.246 e. The summed E-state index contributed by atoms with van der Waals surface area (Å²) in [5, 5.41) is 0. The number of benzene rings is 1. The van der Waals surface area contributed by atoms with Crippen LogP contribution in [-0.4, -0.2) is 49.7 Å². The quantitative estimate of drug-likeness (QED) is 0.743. The Hall–Kier alpha value is -1.61. The van der Waals surface area contributed by atoms with Crippen molar-refractivity contribution in [2.45, 2.75) is 37.0 Å². The third kappa shape index (κ3) is 3.73. The van der Waals surface area contributed by atoms with Crippen LogP contribution in [0, 0.1) is 23.4 Å². The van der Waals surface area contributed by atoms with Crippen LogP contribution in [0.25, 0.3) is 0 Å². The van der Waals surface area contributed by atoms with Crippen LogP contribution < -0.4 is 0 Å². The molecule has 1 aliphatic heterocycles. The fourth-order valence-corrected chi connectivity index (χ4v) is 5.09. The Morgan fingerprint density at radius 2 is 1.62 bits per heavy atom. The van der Waals surface area contributed by atoms with E-state index >= 15 is 0 Å². The molecule has 1 heterocycles. The minimum atomic E-state index is -4.29. The van der Waals surface area contributed by atoms with Crippen LogP contribution in [0.1, 0.15) is 32.1 Å². The monoisotopic (exact) mass is 390 g/mol. The number of hydrogen-bond donors (Lipinski definition) is 0. The lowest BCUT2D eigenvalue weighted by atomic mass is 10.0. The van der Waals surface area contributed by atoms with Gasteiger partial charge in [-0.15, -0.1) is 0 Å². The van der Waals surface area contributed by atoms with Gasteiger partial charge in [0.05, 0.1) is 0 Å². The molecule has 9 heteroatoms. The highest BCUT2D eigenvalue weighted by molar-refractivity contribution is 7.89. The van der Waals surface area contributed by atoms with E-state index in [-0.39, 0.29) is 32.1 Å². The van der Waals surface area contributed by atoms with Crippen molar-refractivity contribution < 1.29 is 26.4 Å². The third-order valence-corrected chi connectivity index (χ3v) is 7.06. The molecule has 0 radical (unpaired) electrons. The maximum absolute atomic E-state index is 13.9. The molecule has 1 saturated heterocycles. The van der Waals surface area contributed by atoms with Crippen LogP contribution in [0.4, 0.5) is 13.2 Å². The van der Waals surface area contributed by atoms with E-state index in [4.69, 9.17) is 0 Å². The number of sulfonamides is 1. The first-order valence-electron chi connectivity index (χ1n) is 8.72. The number of nitrogens with zero attached hydrogens (tertiary/aromatic N) is 2. The van der Waals surface area contributed by atoms with Crippen LogP contribution >= 0.6 is 0 Å². The molecule has 1 aromatic carbocycles. The summed E-state index contributed by atoms with van der Waals surface area (Å²) in [6, 6.07) is 1.31. The summed E-state index contributed by atoms with van der Waals surface area (Å²) in [6.07, 6.45) is 4.86. The predicted octanol–water partition coefficient (Wildman–Crippen LogP) is 2.52. The van der Waals surface area contributed by atoms with Crippen LogP contribution in [-0.2, 0) is 14.8 Å². The highest BCUT2D eigenvalue weighted by atomic mass is 32.2. The third-order valence-electron chi connectivity index (χ3n) is 5.15. The normalized spacial score (nSPS) is 19.9. The second-order valence-corrected chi connectivity index (χ2v) is 8.72. The molecule has 1 amide bonds. The molecule has 144 valence electrons. The zero-order chi connectivity index (χ0) is 18.9.